The Kier molecular flexibility index (Phi) is 2.72. The average Bonchev–Trinajstić information content (AvgIpc) is 2.39. The summed E-state index contributed by atoms with van der Waals surface area (Å²) >= 11 is 0. The zero-order valence-electron chi connectivity index (χ0n) is 10.3. The summed E-state index contributed by atoms with van der Waals surface area (Å²) in [6.45, 7) is 3.29. The number of aromatic nitrogens is 2. The van der Waals surface area contributed by atoms with Gasteiger partial charge in [0, 0.05) is 17.5 Å². The maximum atomic E-state index is 5.98. The molecule has 3 rings (SSSR count). The van der Waals surface area contributed by atoms with E-state index < -0.39 is 0 Å². The molecule has 0 radical (unpaired) electrons. The number of aryl methyl sites for hydroxylation is 1. The highest BCUT2D eigenvalue weighted by molar-refractivity contribution is 5.59. The van der Waals surface area contributed by atoms with Crippen LogP contribution >= 0.6 is 0 Å². The highest BCUT2D eigenvalue weighted by Crippen LogP contribution is 2.24. The fraction of sp³-hybridized carbons (Fsp3) is 0.286. The Morgan fingerprint density at radius 1 is 1.17 bits per heavy atom. The van der Waals surface area contributed by atoms with Crippen LogP contribution in [-0.2, 0) is 17.8 Å². The number of ether oxygens (including phenoxy) is 1. The second-order valence-electron chi connectivity index (χ2n) is 4.53. The van der Waals surface area contributed by atoms with E-state index in [1.165, 1.54) is 5.56 Å². The van der Waals surface area contributed by atoms with Crippen molar-refractivity contribution in [3.8, 4) is 11.4 Å². The normalized spacial score (nSPS) is 14.3. The molecule has 0 saturated heterocycles. The van der Waals surface area contributed by atoms with Crippen molar-refractivity contribution >= 4 is 5.82 Å². The maximum Gasteiger partial charge on any atom is 0.161 e. The molecule has 4 nitrogen and oxygen atoms in total. The number of anilines is 1. The third-order valence-corrected chi connectivity index (χ3v) is 3.16. The first-order valence-electron chi connectivity index (χ1n) is 6.04. The van der Waals surface area contributed by atoms with Gasteiger partial charge in [-0.3, -0.25) is 0 Å². The van der Waals surface area contributed by atoms with Gasteiger partial charge in [-0.2, -0.15) is 0 Å². The minimum Gasteiger partial charge on any atom is -0.383 e. The summed E-state index contributed by atoms with van der Waals surface area (Å²) in [6, 6.07) is 8.15. The number of nitrogens with zero attached hydrogens (tertiary/aromatic N) is 2. The quantitative estimate of drug-likeness (QED) is 0.830. The minimum atomic E-state index is 0.523. The van der Waals surface area contributed by atoms with E-state index in [1.54, 1.807) is 0 Å². The first-order chi connectivity index (χ1) is 8.74. The fourth-order valence-electron chi connectivity index (χ4n) is 2.09. The monoisotopic (exact) mass is 241 g/mol. The maximum absolute atomic E-state index is 5.98. The van der Waals surface area contributed by atoms with Crippen LogP contribution in [0, 0.1) is 6.92 Å². The number of fused-ring (bicyclic) bond motifs is 1. The first kappa shape index (κ1) is 11.2. The van der Waals surface area contributed by atoms with Crippen LogP contribution in [0.3, 0.4) is 0 Å². The lowest BCUT2D eigenvalue weighted by Crippen LogP contribution is -2.16. The zero-order chi connectivity index (χ0) is 12.5. The van der Waals surface area contributed by atoms with Gasteiger partial charge in [-0.05, 0) is 6.92 Å². The molecule has 2 heterocycles. The summed E-state index contributed by atoms with van der Waals surface area (Å²) in [5, 5.41) is 0. The van der Waals surface area contributed by atoms with E-state index in [4.69, 9.17) is 10.5 Å². The Hall–Kier alpha value is -1.94. The van der Waals surface area contributed by atoms with E-state index in [0.29, 0.717) is 24.9 Å². The molecule has 0 saturated carbocycles. The Balaban J connectivity index is 2.08. The van der Waals surface area contributed by atoms with Gasteiger partial charge in [0.2, 0.25) is 0 Å². The lowest BCUT2D eigenvalue weighted by Gasteiger charge is -2.17. The number of nitrogens with two attached hydrogens (primary N) is 1. The molecule has 0 amide bonds. The second kappa shape index (κ2) is 4.38. The third-order valence-electron chi connectivity index (χ3n) is 3.16. The SMILES string of the molecule is Cc1ccc(-c2nc(N)c3c(n2)CCOC3)cc1. The summed E-state index contributed by atoms with van der Waals surface area (Å²) in [4.78, 5) is 8.98. The van der Waals surface area contributed by atoms with Gasteiger partial charge in [0.15, 0.2) is 5.82 Å². The van der Waals surface area contributed by atoms with Gasteiger partial charge in [-0.15, -0.1) is 0 Å². The predicted octanol–water partition coefficient (Wildman–Crippen LogP) is 2.11. The molecular formula is C14H15N3O. The molecule has 1 aliphatic heterocycles. The number of rotatable bonds is 1. The lowest BCUT2D eigenvalue weighted by molar-refractivity contribution is 0.109. The molecule has 2 N–H and O–H groups in total. The number of hydrogen-bond donors (Lipinski definition) is 1. The van der Waals surface area contributed by atoms with Gasteiger partial charge in [0.1, 0.15) is 5.82 Å². The van der Waals surface area contributed by atoms with Crippen molar-refractivity contribution in [2.45, 2.75) is 20.0 Å². The zero-order valence-corrected chi connectivity index (χ0v) is 10.3. The number of benzene rings is 1. The van der Waals surface area contributed by atoms with Crippen molar-refractivity contribution in [3.05, 3.63) is 41.1 Å². The van der Waals surface area contributed by atoms with Gasteiger partial charge in [0.05, 0.1) is 18.9 Å². The van der Waals surface area contributed by atoms with Crippen molar-refractivity contribution in [1.29, 1.82) is 0 Å². The highest BCUT2D eigenvalue weighted by Gasteiger charge is 2.17. The van der Waals surface area contributed by atoms with E-state index in [9.17, 15) is 0 Å². The molecule has 2 aromatic rings. The Morgan fingerprint density at radius 3 is 2.72 bits per heavy atom. The molecule has 18 heavy (non-hydrogen) atoms. The molecule has 0 aliphatic carbocycles. The van der Waals surface area contributed by atoms with Crippen LogP contribution in [0.5, 0.6) is 0 Å². The van der Waals surface area contributed by atoms with Crippen molar-refractivity contribution in [1.82, 2.24) is 9.97 Å². The van der Waals surface area contributed by atoms with E-state index in [-0.39, 0.29) is 0 Å². The van der Waals surface area contributed by atoms with Gasteiger partial charge in [-0.1, -0.05) is 29.8 Å². The fourth-order valence-corrected chi connectivity index (χ4v) is 2.09. The van der Waals surface area contributed by atoms with Gasteiger partial charge in [-0.25, -0.2) is 9.97 Å². The molecule has 1 aromatic heterocycles. The molecule has 0 unspecified atom stereocenters. The van der Waals surface area contributed by atoms with E-state index in [2.05, 4.69) is 29.0 Å². The van der Waals surface area contributed by atoms with Crippen molar-refractivity contribution in [3.63, 3.8) is 0 Å². The molecular weight excluding hydrogens is 226 g/mol. The van der Waals surface area contributed by atoms with Crippen LogP contribution in [-0.4, -0.2) is 16.6 Å². The summed E-state index contributed by atoms with van der Waals surface area (Å²) < 4.78 is 5.38. The smallest absolute Gasteiger partial charge is 0.161 e. The van der Waals surface area contributed by atoms with E-state index in [0.717, 1.165) is 23.2 Å². The topological polar surface area (TPSA) is 61.0 Å². The van der Waals surface area contributed by atoms with Gasteiger partial charge in [0.25, 0.3) is 0 Å². The number of nitrogen functional groups attached to an aromatic ring is 1. The molecule has 0 atom stereocenters. The van der Waals surface area contributed by atoms with Gasteiger partial charge < -0.3 is 10.5 Å². The van der Waals surface area contributed by atoms with Gasteiger partial charge >= 0.3 is 0 Å². The minimum absolute atomic E-state index is 0.523. The van der Waals surface area contributed by atoms with Crippen LogP contribution in [0.2, 0.25) is 0 Å². The summed E-state index contributed by atoms with van der Waals surface area (Å²) in [7, 11) is 0. The summed E-state index contributed by atoms with van der Waals surface area (Å²) in [5.74, 6) is 1.24. The molecule has 1 aliphatic rings. The van der Waals surface area contributed by atoms with Crippen LogP contribution in [0.4, 0.5) is 5.82 Å². The standard InChI is InChI=1S/C14H15N3O/c1-9-2-4-10(5-3-9)14-16-12-6-7-18-8-11(12)13(15)17-14/h2-5H,6-8H2,1H3,(H2,15,16,17). The molecule has 0 spiro atoms. The average molecular weight is 241 g/mol. The van der Waals surface area contributed by atoms with Crippen molar-refractivity contribution in [2.75, 3.05) is 12.3 Å². The first-order valence-corrected chi connectivity index (χ1v) is 6.04. The predicted molar refractivity (Wildman–Crippen MR) is 70.0 cm³/mol. The van der Waals surface area contributed by atoms with Crippen molar-refractivity contribution < 1.29 is 4.74 Å². The van der Waals surface area contributed by atoms with Crippen LogP contribution < -0.4 is 5.73 Å². The van der Waals surface area contributed by atoms with E-state index in [1.807, 2.05) is 12.1 Å². The molecule has 92 valence electrons. The highest BCUT2D eigenvalue weighted by atomic mass is 16.5. The summed E-state index contributed by atoms with van der Waals surface area (Å²) in [5.41, 5.74) is 10.2. The van der Waals surface area contributed by atoms with Crippen LogP contribution in [0.1, 0.15) is 16.8 Å². The lowest BCUT2D eigenvalue weighted by atomic mass is 10.1. The van der Waals surface area contributed by atoms with E-state index >= 15 is 0 Å². The summed E-state index contributed by atoms with van der Waals surface area (Å²) in [6.07, 6.45) is 0.806. The van der Waals surface area contributed by atoms with Crippen molar-refractivity contribution in [2.24, 2.45) is 0 Å². The second-order valence-corrected chi connectivity index (χ2v) is 4.53. The largest absolute Gasteiger partial charge is 0.383 e. The molecule has 0 fully saturated rings. The Bertz CT molecular complexity index is 578. The Morgan fingerprint density at radius 2 is 1.94 bits per heavy atom. The molecule has 1 aromatic carbocycles. The Labute approximate surface area is 106 Å². The molecule has 4 heteroatoms. The number of hydrogen-bond acceptors (Lipinski definition) is 4. The molecule has 0 bridgehead atoms. The van der Waals surface area contributed by atoms with Crippen LogP contribution in [0.15, 0.2) is 24.3 Å². The van der Waals surface area contributed by atoms with Crippen LogP contribution in [0.25, 0.3) is 11.4 Å². The third kappa shape index (κ3) is 1.95.